The number of nitrogens with zero attached hydrogens (tertiary/aromatic N) is 4. The van der Waals surface area contributed by atoms with Gasteiger partial charge in [0, 0.05) is 30.0 Å². The van der Waals surface area contributed by atoms with Crippen molar-refractivity contribution in [3.63, 3.8) is 0 Å². The molecule has 1 amide bonds. The summed E-state index contributed by atoms with van der Waals surface area (Å²) in [5.74, 6) is -0.586. The smallest absolute Gasteiger partial charge is 0.269 e. The lowest BCUT2D eigenvalue weighted by Gasteiger charge is -2.09. The first kappa shape index (κ1) is 19.0. The summed E-state index contributed by atoms with van der Waals surface area (Å²) in [7, 11) is 1.50. The second-order valence-electron chi connectivity index (χ2n) is 5.62. The molecular formula is C20H14ClN5O2. The molecule has 0 aliphatic carbocycles. The minimum absolute atomic E-state index is 0.00370. The van der Waals surface area contributed by atoms with E-state index in [-0.39, 0.29) is 34.3 Å². The van der Waals surface area contributed by atoms with Gasteiger partial charge in [-0.15, -0.1) is 0 Å². The van der Waals surface area contributed by atoms with Gasteiger partial charge in [0.2, 0.25) is 0 Å². The highest BCUT2D eigenvalue weighted by atomic mass is 35.5. The number of carbonyl (C=O) groups is 1. The summed E-state index contributed by atoms with van der Waals surface area (Å²) in [6, 6.07) is 13.3. The Bertz CT molecular complexity index is 1120. The number of pyridine rings is 2. The van der Waals surface area contributed by atoms with Crippen molar-refractivity contribution in [1.82, 2.24) is 15.3 Å². The highest BCUT2D eigenvalue weighted by molar-refractivity contribution is 6.30. The monoisotopic (exact) mass is 391 g/mol. The van der Waals surface area contributed by atoms with Crippen molar-refractivity contribution in [3.05, 3.63) is 71.1 Å². The van der Waals surface area contributed by atoms with Gasteiger partial charge in [-0.05, 0) is 36.4 Å². The Kier molecular flexibility index (Phi) is 5.63. The highest BCUT2D eigenvalue weighted by Gasteiger charge is 2.16. The summed E-state index contributed by atoms with van der Waals surface area (Å²) < 4.78 is 0. The quantitative estimate of drug-likeness (QED) is 0.661. The number of nitriles is 1. The van der Waals surface area contributed by atoms with Crippen LogP contribution < -0.4 is 5.32 Å². The SMILES string of the molecule is CNC(=O)c1cc(-c2nccc(/C(C#N)=N/c3cccc(Cl)c3)c2O)ccn1. The van der Waals surface area contributed by atoms with Gasteiger partial charge in [0.05, 0.1) is 11.3 Å². The van der Waals surface area contributed by atoms with Crippen LogP contribution in [0.5, 0.6) is 5.75 Å². The second-order valence-corrected chi connectivity index (χ2v) is 6.05. The average Bonchev–Trinajstić information content (AvgIpc) is 2.72. The van der Waals surface area contributed by atoms with Gasteiger partial charge in [-0.1, -0.05) is 17.7 Å². The standard InChI is InChI=1S/C20H14ClN5O2/c1-23-20(28)16-9-12(5-7-24-16)18-19(27)15(6-8-25-18)17(11-22)26-14-4-2-3-13(21)10-14/h2-10,27H,1H3,(H,23,28)/b26-17+. The lowest BCUT2D eigenvalue weighted by molar-refractivity contribution is 0.0958. The van der Waals surface area contributed by atoms with Crippen molar-refractivity contribution in [2.45, 2.75) is 0 Å². The fourth-order valence-electron chi connectivity index (χ4n) is 2.51. The van der Waals surface area contributed by atoms with Crippen LogP contribution in [0.15, 0.2) is 59.9 Å². The molecular weight excluding hydrogens is 378 g/mol. The number of rotatable bonds is 4. The van der Waals surface area contributed by atoms with Crippen LogP contribution in [0.25, 0.3) is 11.3 Å². The zero-order valence-corrected chi connectivity index (χ0v) is 15.5. The van der Waals surface area contributed by atoms with Crippen molar-refractivity contribution < 1.29 is 9.90 Å². The molecule has 0 saturated heterocycles. The maximum atomic E-state index is 11.8. The van der Waals surface area contributed by atoms with E-state index in [1.807, 2.05) is 6.07 Å². The number of halogens is 1. The number of benzene rings is 1. The largest absolute Gasteiger partial charge is 0.505 e. The number of hydrogen-bond acceptors (Lipinski definition) is 6. The molecule has 7 nitrogen and oxygen atoms in total. The van der Waals surface area contributed by atoms with Crippen LogP contribution >= 0.6 is 11.6 Å². The molecule has 0 aliphatic rings. The Morgan fingerprint density at radius 3 is 2.71 bits per heavy atom. The van der Waals surface area contributed by atoms with E-state index in [0.717, 1.165) is 0 Å². The number of carbonyl (C=O) groups excluding carboxylic acids is 1. The number of amides is 1. The summed E-state index contributed by atoms with van der Waals surface area (Å²) in [5, 5.41) is 23.2. The van der Waals surface area contributed by atoms with E-state index >= 15 is 0 Å². The molecule has 0 saturated carbocycles. The molecule has 0 radical (unpaired) electrons. The van der Waals surface area contributed by atoms with E-state index < -0.39 is 0 Å². The maximum absolute atomic E-state index is 11.8. The van der Waals surface area contributed by atoms with Crippen LogP contribution in [0.3, 0.4) is 0 Å². The number of aromatic nitrogens is 2. The van der Waals surface area contributed by atoms with Crippen molar-refractivity contribution in [2.75, 3.05) is 7.05 Å². The van der Waals surface area contributed by atoms with E-state index in [2.05, 4.69) is 20.3 Å². The molecule has 8 heteroatoms. The first-order valence-corrected chi connectivity index (χ1v) is 8.52. The molecule has 0 aliphatic heterocycles. The van der Waals surface area contributed by atoms with E-state index in [9.17, 15) is 15.2 Å². The Morgan fingerprint density at radius 2 is 2.00 bits per heavy atom. The van der Waals surface area contributed by atoms with Gasteiger partial charge in [0.1, 0.15) is 17.5 Å². The summed E-state index contributed by atoms with van der Waals surface area (Å²) >= 11 is 5.96. The Labute approximate surface area is 166 Å². The fraction of sp³-hybridized carbons (Fsp3) is 0.0500. The summed E-state index contributed by atoms with van der Waals surface area (Å²) in [5.41, 5.74) is 1.56. The van der Waals surface area contributed by atoms with E-state index in [4.69, 9.17) is 11.6 Å². The molecule has 0 bridgehead atoms. The lowest BCUT2D eigenvalue weighted by atomic mass is 10.0. The van der Waals surface area contributed by atoms with Crippen molar-refractivity contribution in [2.24, 2.45) is 4.99 Å². The zero-order chi connectivity index (χ0) is 20.1. The van der Waals surface area contributed by atoms with Crippen molar-refractivity contribution in [1.29, 1.82) is 5.26 Å². The summed E-state index contributed by atoms with van der Waals surface area (Å²) in [4.78, 5) is 24.2. The number of hydrogen-bond donors (Lipinski definition) is 2. The molecule has 138 valence electrons. The molecule has 28 heavy (non-hydrogen) atoms. The van der Waals surface area contributed by atoms with Crippen LogP contribution in [0.2, 0.25) is 5.02 Å². The predicted octanol–water partition coefficient (Wildman–Crippen LogP) is 3.51. The predicted molar refractivity (Wildman–Crippen MR) is 106 cm³/mol. The molecule has 2 aromatic heterocycles. The summed E-state index contributed by atoms with van der Waals surface area (Å²) in [6.07, 6.45) is 2.90. The molecule has 2 N–H and O–H groups in total. The van der Waals surface area contributed by atoms with Crippen LogP contribution in [0, 0.1) is 11.3 Å². The third-order valence-electron chi connectivity index (χ3n) is 3.83. The molecule has 0 unspecified atom stereocenters. The van der Waals surface area contributed by atoms with Crippen LogP contribution in [0.1, 0.15) is 16.1 Å². The van der Waals surface area contributed by atoms with Crippen LogP contribution in [-0.2, 0) is 0 Å². The molecule has 0 fully saturated rings. The van der Waals surface area contributed by atoms with Crippen LogP contribution in [-0.4, -0.2) is 33.7 Å². The fourth-order valence-corrected chi connectivity index (χ4v) is 2.69. The van der Waals surface area contributed by atoms with Crippen molar-refractivity contribution >= 4 is 28.9 Å². The normalized spacial score (nSPS) is 11.0. The van der Waals surface area contributed by atoms with Gasteiger partial charge >= 0.3 is 0 Å². The van der Waals surface area contributed by atoms with Gasteiger partial charge in [0.15, 0.2) is 11.5 Å². The number of aromatic hydroxyl groups is 1. The number of nitrogens with one attached hydrogen (secondary N) is 1. The first-order valence-electron chi connectivity index (χ1n) is 8.14. The topological polar surface area (TPSA) is 111 Å². The van der Waals surface area contributed by atoms with Crippen LogP contribution in [0.4, 0.5) is 5.69 Å². The van der Waals surface area contributed by atoms with Gasteiger partial charge in [-0.3, -0.25) is 14.8 Å². The highest BCUT2D eigenvalue weighted by Crippen LogP contribution is 2.31. The molecule has 3 rings (SSSR count). The van der Waals surface area contributed by atoms with Gasteiger partial charge in [-0.2, -0.15) is 5.26 Å². The van der Waals surface area contributed by atoms with E-state index in [0.29, 0.717) is 16.3 Å². The third-order valence-corrected chi connectivity index (χ3v) is 4.06. The molecule has 2 heterocycles. The average molecular weight is 392 g/mol. The van der Waals surface area contributed by atoms with Gasteiger partial charge < -0.3 is 10.4 Å². The van der Waals surface area contributed by atoms with E-state index in [1.165, 1.54) is 31.6 Å². The lowest BCUT2D eigenvalue weighted by Crippen LogP contribution is -2.19. The molecule has 3 aromatic rings. The Hall–Kier alpha value is -3.76. The van der Waals surface area contributed by atoms with Gasteiger partial charge in [0.25, 0.3) is 5.91 Å². The van der Waals surface area contributed by atoms with Crippen molar-refractivity contribution in [3.8, 4) is 23.1 Å². The second kappa shape index (κ2) is 8.29. The summed E-state index contributed by atoms with van der Waals surface area (Å²) in [6.45, 7) is 0. The zero-order valence-electron chi connectivity index (χ0n) is 14.7. The Balaban J connectivity index is 2.08. The molecule has 0 spiro atoms. The van der Waals surface area contributed by atoms with E-state index in [1.54, 1.807) is 30.3 Å². The van der Waals surface area contributed by atoms with Gasteiger partial charge in [-0.25, -0.2) is 4.99 Å². The molecule has 1 aromatic carbocycles. The molecule has 0 atom stereocenters. The maximum Gasteiger partial charge on any atom is 0.269 e. The Morgan fingerprint density at radius 1 is 1.21 bits per heavy atom. The first-order chi connectivity index (χ1) is 13.5. The minimum atomic E-state index is -0.363. The minimum Gasteiger partial charge on any atom is -0.505 e. The third kappa shape index (κ3) is 3.98. The number of aliphatic imine (C=N–C) groups is 1.